The first-order chi connectivity index (χ1) is 9.31. The van der Waals surface area contributed by atoms with Gasteiger partial charge in [-0.15, -0.1) is 0 Å². The van der Waals surface area contributed by atoms with E-state index in [2.05, 4.69) is 10.6 Å². The number of hydrogen-bond donors (Lipinski definition) is 3. The maximum Gasteiger partial charge on any atom is 0.319 e. The molecule has 2 amide bonds. The number of halogens is 2. The lowest BCUT2D eigenvalue weighted by Gasteiger charge is -2.17. The third-order valence-electron chi connectivity index (χ3n) is 2.78. The SMILES string of the molecule is CC(C)C(CNC(=O)Nc1ccc(F)cc1Cl)C(=O)O. The number of carbonyl (C=O) groups excluding carboxylic acids is 1. The molecule has 7 heteroatoms. The summed E-state index contributed by atoms with van der Waals surface area (Å²) in [6.45, 7) is 3.52. The summed E-state index contributed by atoms with van der Waals surface area (Å²) in [5.41, 5.74) is 0.252. The number of urea groups is 1. The van der Waals surface area contributed by atoms with Crippen LogP contribution in [0.25, 0.3) is 0 Å². The Kier molecular flexibility index (Phi) is 5.76. The average Bonchev–Trinajstić information content (AvgIpc) is 2.32. The zero-order valence-electron chi connectivity index (χ0n) is 11.1. The molecular weight excluding hydrogens is 287 g/mol. The molecule has 0 fully saturated rings. The normalized spacial score (nSPS) is 12.1. The Morgan fingerprint density at radius 3 is 2.55 bits per heavy atom. The van der Waals surface area contributed by atoms with E-state index in [-0.39, 0.29) is 23.2 Å². The molecule has 1 aromatic carbocycles. The van der Waals surface area contributed by atoms with Gasteiger partial charge in [0.05, 0.1) is 16.6 Å². The van der Waals surface area contributed by atoms with Crippen molar-refractivity contribution in [3.63, 3.8) is 0 Å². The number of nitrogens with one attached hydrogen (secondary N) is 2. The number of hydrogen-bond acceptors (Lipinski definition) is 2. The Bertz CT molecular complexity index is 508. The van der Waals surface area contributed by atoms with Gasteiger partial charge < -0.3 is 15.7 Å². The summed E-state index contributed by atoms with van der Waals surface area (Å²) >= 11 is 5.76. The molecule has 0 saturated carbocycles. The summed E-state index contributed by atoms with van der Waals surface area (Å²) in [7, 11) is 0. The molecule has 1 unspecified atom stereocenters. The van der Waals surface area contributed by atoms with Crippen LogP contribution in [0.1, 0.15) is 13.8 Å². The molecule has 0 heterocycles. The van der Waals surface area contributed by atoms with Gasteiger partial charge in [-0.05, 0) is 24.1 Å². The maximum atomic E-state index is 12.8. The molecule has 3 N–H and O–H groups in total. The van der Waals surface area contributed by atoms with Crippen LogP contribution >= 0.6 is 11.6 Å². The predicted molar refractivity (Wildman–Crippen MR) is 74.4 cm³/mol. The number of amides is 2. The minimum Gasteiger partial charge on any atom is -0.481 e. The topological polar surface area (TPSA) is 78.4 Å². The molecule has 1 rings (SSSR count). The van der Waals surface area contributed by atoms with Crippen molar-refractivity contribution in [3.05, 3.63) is 29.0 Å². The fraction of sp³-hybridized carbons (Fsp3) is 0.385. The molecule has 1 aromatic rings. The molecule has 0 saturated heterocycles. The van der Waals surface area contributed by atoms with Gasteiger partial charge in [-0.25, -0.2) is 9.18 Å². The van der Waals surface area contributed by atoms with Crippen LogP contribution in [0.2, 0.25) is 5.02 Å². The summed E-state index contributed by atoms with van der Waals surface area (Å²) in [6, 6.07) is 2.97. The molecule has 0 aromatic heterocycles. The highest BCUT2D eigenvalue weighted by atomic mass is 35.5. The van der Waals surface area contributed by atoms with E-state index in [1.807, 2.05) is 0 Å². The van der Waals surface area contributed by atoms with Crippen LogP contribution in [0.5, 0.6) is 0 Å². The highest BCUT2D eigenvalue weighted by Crippen LogP contribution is 2.22. The van der Waals surface area contributed by atoms with Crippen molar-refractivity contribution in [2.75, 3.05) is 11.9 Å². The van der Waals surface area contributed by atoms with E-state index in [0.717, 1.165) is 12.1 Å². The van der Waals surface area contributed by atoms with Gasteiger partial charge in [-0.1, -0.05) is 25.4 Å². The highest BCUT2D eigenvalue weighted by Gasteiger charge is 2.22. The number of rotatable bonds is 5. The van der Waals surface area contributed by atoms with Crippen molar-refractivity contribution in [3.8, 4) is 0 Å². The van der Waals surface area contributed by atoms with E-state index in [1.54, 1.807) is 13.8 Å². The summed E-state index contributed by atoms with van der Waals surface area (Å²) in [5.74, 6) is -2.27. The number of anilines is 1. The maximum absolute atomic E-state index is 12.8. The van der Waals surface area contributed by atoms with Crippen LogP contribution in [0, 0.1) is 17.7 Å². The van der Waals surface area contributed by atoms with Crippen LogP contribution in [-0.4, -0.2) is 23.7 Å². The number of carboxylic acid groups (broad SMARTS) is 1. The number of carboxylic acids is 1. The van der Waals surface area contributed by atoms with Crippen LogP contribution in [0.15, 0.2) is 18.2 Å². The van der Waals surface area contributed by atoms with Crippen molar-refractivity contribution in [2.24, 2.45) is 11.8 Å². The second-order valence-corrected chi connectivity index (χ2v) is 5.06. The lowest BCUT2D eigenvalue weighted by molar-refractivity contribution is -0.142. The van der Waals surface area contributed by atoms with Gasteiger partial charge in [-0.2, -0.15) is 0 Å². The molecule has 1 atom stereocenters. The monoisotopic (exact) mass is 302 g/mol. The van der Waals surface area contributed by atoms with E-state index in [9.17, 15) is 14.0 Å². The fourth-order valence-electron chi connectivity index (χ4n) is 1.57. The molecule has 110 valence electrons. The second-order valence-electron chi connectivity index (χ2n) is 4.65. The first-order valence-electron chi connectivity index (χ1n) is 6.04. The van der Waals surface area contributed by atoms with Crippen molar-refractivity contribution in [1.82, 2.24) is 5.32 Å². The van der Waals surface area contributed by atoms with E-state index < -0.39 is 23.7 Å². The van der Waals surface area contributed by atoms with Gasteiger partial charge in [0.15, 0.2) is 0 Å². The molecule has 0 bridgehead atoms. The molecule has 0 aliphatic rings. The summed E-state index contributed by atoms with van der Waals surface area (Å²) in [4.78, 5) is 22.6. The summed E-state index contributed by atoms with van der Waals surface area (Å²) < 4.78 is 12.8. The van der Waals surface area contributed by atoms with E-state index in [4.69, 9.17) is 16.7 Å². The fourth-order valence-corrected chi connectivity index (χ4v) is 1.78. The van der Waals surface area contributed by atoms with Gasteiger partial charge in [0, 0.05) is 6.54 Å². The largest absolute Gasteiger partial charge is 0.481 e. The smallest absolute Gasteiger partial charge is 0.319 e. The second kappa shape index (κ2) is 7.09. The van der Waals surface area contributed by atoms with Crippen molar-refractivity contribution < 1.29 is 19.1 Å². The molecule has 0 aliphatic carbocycles. The van der Waals surface area contributed by atoms with Crippen molar-refractivity contribution >= 4 is 29.3 Å². The highest BCUT2D eigenvalue weighted by molar-refractivity contribution is 6.33. The van der Waals surface area contributed by atoms with Gasteiger partial charge in [0.1, 0.15) is 5.82 Å². The van der Waals surface area contributed by atoms with Crippen molar-refractivity contribution in [2.45, 2.75) is 13.8 Å². The zero-order chi connectivity index (χ0) is 15.3. The third kappa shape index (κ3) is 4.70. The Morgan fingerprint density at radius 2 is 2.05 bits per heavy atom. The molecule has 0 radical (unpaired) electrons. The molecule has 20 heavy (non-hydrogen) atoms. The Balaban J connectivity index is 2.57. The predicted octanol–water partition coefficient (Wildman–Crippen LogP) is 2.96. The van der Waals surface area contributed by atoms with Crippen LogP contribution in [0.4, 0.5) is 14.9 Å². The lowest BCUT2D eigenvalue weighted by atomic mass is 9.96. The molecule has 0 spiro atoms. The van der Waals surface area contributed by atoms with Crippen LogP contribution < -0.4 is 10.6 Å². The van der Waals surface area contributed by atoms with E-state index in [0.29, 0.717) is 0 Å². The summed E-state index contributed by atoms with van der Waals surface area (Å²) in [5, 5.41) is 13.9. The van der Waals surface area contributed by atoms with Gasteiger partial charge in [-0.3, -0.25) is 4.79 Å². The zero-order valence-corrected chi connectivity index (χ0v) is 11.9. The number of carbonyl (C=O) groups is 2. The summed E-state index contributed by atoms with van der Waals surface area (Å²) in [6.07, 6.45) is 0. The minimum atomic E-state index is -0.972. The standard InChI is InChI=1S/C13H16ClFN2O3/c1-7(2)9(12(18)19)6-16-13(20)17-11-4-3-8(15)5-10(11)14/h3-5,7,9H,6H2,1-2H3,(H,18,19)(H2,16,17,20). The molecular formula is C13H16ClFN2O3. The Hall–Kier alpha value is -1.82. The first kappa shape index (κ1) is 16.2. The Labute approximate surface area is 121 Å². The Morgan fingerprint density at radius 1 is 1.40 bits per heavy atom. The van der Waals surface area contributed by atoms with E-state index >= 15 is 0 Å². The third-order valence-corrected chi connectivity index (χ3v) is 3.10. The lowest BCUT2D eigenvalue weighted by Crippen LogP contribution is -2.37. The molecule has 0 aliphatic heterocycles. The van der Waals surface area contributed by atoms with Gasteiger partial charge in [0.2, 0.25) is 0 Å². The van der Waals surface area contributed by atoms with Gasteiger partial charge in [0.25, 0.3) is 0 Å². The number of aliphatic carboxylic acids is 1. The average molecular weight is 303 g/mol. The van der Waals surface area contributed by atoms with E-state index in [1.165, 1.54) is 6.07 Å². The minimum absolute atomic E-state index is 0.00233. The van der Waals surface area contributed by atoms with Gasteiger partial charge >= 0.3 is 12.0 Å². The molecule has 5 nitrogen and oxygen atoms in total. The quantitative estimate of drug-likeness (QED) is 0.782. The van der Waals surface area contributed by atoms with Crippen LogP contribution in [-0.2, 0) is 4.79 Å². The first-order valence-corrected chi connectivity index (χ1v) is 6.41. The van der Waals surface area contributed by atoms with Crippen molar-refractivity contribution in [1.29, 1.82) is 0 Å². The number of benzene rings is 1. The van der Waals surface area contributed by atoms with Crippen LogP contribution in [0.3, 0.4) is 0 Å².